The first kappa shape index (κ1) is 16.6. The van der Waals surface area contributed by atoms with E-state index in [1.807, 2.05) is 13.1 Å². The van der Waals surface area contributed by atoms with Crippen LogP contribution < -0.4 is 0 Å². The van der Waals surface area contributed by atoms with Crippen molar-refractivity contribution in [2.45, 2.75) is 77.6 Å². The summed E-state index contributed by atoms with van der Waals surface area (Å²) in [5.41, 5.74) is 0. The number of hydrogen-bond donors (Lipinski definition) is 0. The van der Waals surface area contributed by atoms with E-state index in [-0.39, 0.29) is 0 Å². The number of hydrogen-bond acceptors (Lipinski definition) is 4. The Bertz CT molecular complexity index is 416. The quantitative estimate of drug-likeness (QED) is 0.479. The standard InChI is InChI=1S/C12H38O4Si6/c1-17(2)13-21(9,10)11-12-22(14-18(3)4,15-19(5)6)16-20(7)8/h17-20H,11-12H2,1-10H3/i17T,18T,19T,20T. The molecule has 0 amide bonds. The molecule has 0 radical (unpaired) electrons. The molecule has 0 rings (SSSR count). The van der Waals surface area contributed by atoms with Crippen LogP contribution in [0.15, 0.2) is 0 Å². The van der Waals surface area contributed by atoms with Gasteiger partial charge in [0.15, 0.2) is 44.2 Å². The van der Waals surface area contributed by atoms with Crippen molar-refractivity contribution in [1.82, 2.24) is 0 Å². The van der Waals surface area contributed by atoms with Crippen molar-refractivity contribution in [3.63, 3.8) is 0 Å². The molecule has 0 bridgehead atoms. The predicted molar refractivity (Wildman–Crippen MR) is 113 cm³/mol. The topological polar surface area (TPSA) is 36.9 Å². The summed E-state index contributed by atoms with van der Waals surface area (Å²) >= 11 is 0. The van der Waals surface area contributed by atoms with Crippen molar-refractivity contribution >= 4 is 53.0 Å². The maximum atomic E-state index is 8.34. The van der Waals surface area contributed by atoms with Crippen molar-refractivity contribution in [1.29, 1.82) is 4.94 Å². The van der Waals surface area contributed by atoms with Crippen molar-refractivity contribution in [2.24, 2.45) is 0 Å². The summed E-state index contributed by atoms with van der Waals surface area (Å²) in [5, 5.41) is 0. The van der Waals surface area contributed by atoms with Gasteiger partial charge in [-0.2, -0.15) is 0 Å². The molecule has 0 atom stereocenters. The highest BCUT2D eigenvalue weighted by molar-refractivity contribution is 6.83. The van der Waals surface area contributed by atoms with E-state index in [4.69, 9.17) is 21.4 Å². The SMILES string of the molecule is [3H][Si](C)(C)O[Si](C)(C)CC[Si](O[Si]([3H])(C)C)(O[Si]([3H])(C)C)O[Si]([3H])(C)C. The Balaban J connectivity index is 5.71. The molecule has 0 aromatic heterocycles. The Hall–Kier alpha value is 1.14. The normalized spacial score (nSPS) is 18.5. The molecule has 0 unspecified atom stereocenters. The third kappa shape index (κ3) is 10.8. The van der Waals surface area contributed by atoms with Crippen LogP contribution in [-0.4, -0.2) is 58.0 Å². The van der Waals surface area contributed by atoms with Gasteiger partial charge < -0.3 is 16.5 Å². The average Bonchev–Trinajstić information content (AvgIpc) is 2.15. The van der Waals surface area contributed by atoms with Gasteiger partial charge in [-0.3, -0.25) is 0 Å². The average molecular weight is 423 g/mol. The predicted octanol–water partition coefficient (Wildman–Crippen LogP) is 3.13. The van der Waals surface area contributed by atoms with Gasteiger partial charge in [-0.25, -0.2) is 0 Å². The first-order valence-electron chi connectivity index (χ1n) is 9.84. The molecule has 0 aliphatic heterocycles. The van der Waals surface area contributed by atoms with Crippen molar-refractivity contribution < 1.29 is 16.5 Å². The summed E-state index contributed by atoms with van der Waals surface area (Å²) in [6.45, 7) is 18.4. The van der Waals surface area contributed by atoms with Crippen LogP contribution in [-0.2, 0) is 16.5 Å². The van der Waals surface area contributed by atoms with Gasteiger partial charge in [0.05, 0.1) is 0 Å². The molecule has 0 aliphatic carbocycles. The highest BCUT2D eigenvalue weighted by Gasteiger charge is 2.44. The van der Waals surface area contributed by atoms with Gasteiger partial charge >= 0.3 is 8.80 Å². The molecule has 0 saturated heterocycles. The van der Waals surface area contributed by atoms with Crippen LogP contribution in [0.25, 0.3) is 0 Å². The van der Waals surface area contributed by atoms with Gasteiger partial charge in [0.1, 0.15) is 0 Å². The van der Waals surface area contributed by atoms with Gasteiger partial charge in [0.25, 0.3) is 0 Å². The van der Waals surface area contributed by atoms with E-state index in [0.29, 0.717) is 12.1 Å². The molecule has 0 aromatic carbocycles. The Labute approximate surface area is 152 Å². The summed E-state index contributed by atoms with van der Waals surface area (Å²) in [4.78, 5) is 0. The zero-order chi connectivity index (χ0) is 21.2. The van der Waals surface area contributed by atoms with Gasteiger partial charge in [0, 0.05) is 11.0 Å². The molecule has 0 aromatic rings. The lowest BCUT2D eigenvalue weighted by Gasteiger charge is -2.37. The first-order chi connectivity index (χ1) is 11.0. The van der Waals surface area contributed by atoms with E-state index < -0.39 is 53.0 Å². The fourth-order valence-corrected chi connectivity index (χ4v) is 21.0. The molecule has 0 saturated carbocycles. The maximum absolute atomic E-state index is 8.34. The smallest absolute Gasteiger partial charge is 0.458 e. The van der Waals surface area contributed by atoms with Gasteiger partial charge in [-0.05, 0) is 71.5 Å². The lowest BCUT2D eigenvalue weighted by molar-refractivity contribution is 0.269. The van der Waals surface area contributed by atoms with Crippen LogP contribution in [0, 0.1) is 0 Å². The van der Waals surface area contributed by atoms with Crippen molar-refractivity contribution in [3.8, 4) is 0 Å². The second kappa shape index (κ2) is 10.2. The second-order valence-electron chi connectivity index (χ2n) is 6.98. The van der Waals surface area contributed by atoms with Gasteiger partial charge in [-0.1, -0.05) is 0 Å². The van der Waals surface area contributed by atoms with Crippen LogP contribution in [0.1, 0.15) is 0 Å². The highest BCUT2D eigenvalue weighted by atomic mass is 28.5. The minimum atomic E-state index is -3.36. The molecular formula is C12H38O4Si6. The third-order valence-corrected chi connectivity index (χ3v) is 17.9. The minimum Gasteiger partial charge on any atom is -0.458 e. The second-order valence-corrected chi connectivity index (χ2v) is 23.4. The molecule has 0 N–H and O–H groups in total. The molecule has 0 aliphatic rings. The maximum Gasteiger partial charge on any atom is 0.468 e. The molecule has 0 heterocycles. The van der Waals surface area contributed by atoms with E-state index in [1.54, 1.807) is 39.3 Å². The lowest BCUT2D eigenvalue weighted by Crippen LogP contribution is -2.54. The number of rotatable bonds is 11. The summed E-state index contributed by atoms with van der Waals surface area (Å²) < 4.78 is 57.8. The van der Waals surface area contributed by atoms with Gasteiger partial charge in [0.2, 0.25) is 0 Å². The van der Waals surface area contributed by atoms with E-state index in [2.05, 4.69) is 13.1 Å². The molecule has 0 fully saturated rings. The Morgan fingerprint density at radius 3 is 1.23 bits per heavy atom. The van der Waals surface area contributed by atoms with Crippen LogP contribution in [0.4, 0.5) is 0 Å². The zero-order valence-corrected chi connectivity index (χ0v) is 22.0. The van der Waals surface area contributed by atoms with Crippen LogP contribution in [0.3, 0.4) is 0 Å². The Morgan fingerprint density at radius 2 is 0.955 bits per heavy atom. The van der Waals surface area contributed by atoms with E-state index >= 15 is 0 Å². The zero-order valence-electron chi connectivity index (χ0n) is 20.0. The van der Waals surface area contributed by atoms with Gasteiger partial charge in [-0.15, -0.1) is 0 Å². The minimum absolute atomic E-state index is 0.455. The molecule has 22 heavy (non-hydrogen) atoms. The molecular weight excluding hydrogens is 377 g/mol. The molecule has 134 valence electrons. The lowest BCUT2D eigenvalue weighted by atomic mass is 10.9. The van der Waals surface area contributed by atoms with Crippen molar-refractivity contribution in [3.05, 3.63) is 0 Å². The molecule has 4 nitrogen and oxygen atoms in total. The Kier molecular flexibility index (Phi) is 7.70. The van der Waals surface area contributed by atoms with E-state index in [0.717, 1.165) is 0 Å². The molecule has 10 heteroatoms. The van der Waals surface area contributed by atoms with Crippen molar-refractivity contribution in [2.75, 3.05) is 0 Å². The highest BCUT2D eigenvalue weighted by Crippen LogP contribution is 2.27. The summed E-state index contributed by atoms with van der Waals surface area (Å²) in [7, 11) is -16.2. The Morgan fingerprint density at radius 1 is 0.636 bits per heavy atom. The van der Waals surface area contributed by atoms with Crippen LogP contribution >= 0.6 is 0 Å². The first-order valence-corrected chi connectivity index (χ1v) is 22.5. The monoisotopic (exact) mass is 422 g/mol. The fourth-order valence-electron chi connectivity index (χ4n) is 2.21. The largest absolute Gasteiger partial charge is 0.468 e. The van der Waals surface area contributed by atoms with Crippen LogP contribution in [0.2, 0.25) is 77.6 Å². The summed E-state index contributed by atoms with van der Waals surface area (Å²) in [6, 6.07) is 1.13. The fraction of sp³-hybridized carbons (Fsp3) is 1.00. The van der Waals surface area contributed by atoms with Crippen LogP contribution in [0.5, 0.6) is 0 Å². The third-order valence-electron chi connectivity index (χ3n) is 2.59. The molecule has 0 spiro atoms. The summed E-state index contributed by atoms with van der Waals surface area (Å²) in [5.74, 6) is 0. The van der Waals surface area contributed by atoms with E-state index in [9.17, 15) is 0 Å². The van der Waals surface area contributed by atoms with E-state index in [1.165, 1.54) is 0 Å². The summed E-state index contributed by atoms with van der Waals surface area (Å²) in [6.07, 6.45) is 0.